The maximum Gasteiger partial charge on any atom is 0.260 e. The number of aryl methyl sites for hydroxylation is 2. The molecular formula is C22H25NO3. The van der Waals surface area contributed by atoms with Crippen LogP contribution >= 0.6 is 0 Å². The van der Waals surface area contributed by atoms with Crippen molar-refractivity contribution in [3.63, 3.8) is 0 Å². The summed E-state index contributed by atoms with van der Waals surface area (Å²) in [5.74, 6) is 2.14. The molecule has 1 atom stereocenters. The van der Waals surface area contributed by atoms with Crippen LogP contribution in [0.1, 0.15) is 35.4 Å². The summed E-state index contributed by atoms with van der Waals surface area (Å²) in [7, 11) is 1.67. The van der Waals surface area contributed by atoms with Crippen LogP contribution in [0.2, 0.25) is 0 Å². The molecule has 0 saturated carbocycles. The first-order valence-corrected chi connectivity index (χ1v) is 9.39. The number of likely N-dealkylation sites (tertiary alicyclic amines) is 1. The third-order valence-electron chi connectivity index (χ3n) is 5.56. The van der Waals surface area contributed by atoms with Gasteiger partial charge in [0.1, 0.15) is 11.5 Å². The lowest BCUT2D eigenvalue weighted by Crippen LogP contribution is -2.32. The van der Waals surface area contributed by atoms with Crippen LogP contribution in [0.25, 0.3) is 0 Å². The van der Waals surface area contributed by atoms with Crippen LogP contribution in [0.3, 0.4) is 0 Å². The maximum absolute atomic E-state index is 12.5. The van der Waals surface area contributed by atoms with Crippen molar-refractivity contribution in [2.24, 2.45) is 0 Å². The fourth-order valence-electron chi connectivity index (χ4n) is 4.01. The van der Waals surface area contributed by atoms with Gasteiger partial charge in [-0.2, -0.15) is 0 Å². The van der Waals surface area contributed by atoms with Gasteiger partial charge >= 0.3 is 0 Å². The lowest BCUT2D eigenvalue weighted by Gasteiger charge is -2.17. The number of carbonyl (C=O) groups is 1. The molecule has 1 unspecified atom stereocenters. The highest BCUT2D eigenvalue weighted by Crippen LogP contribution is 2.29. The van der Waals surface area contributed by atoms with E-state index in [1.54, 1.807) is 7.11 Å². The summed E-state index contributed by atoms with van der Waals surface area (Å²) in [5, 5.41) is 0. The zero-order chi connectivity index (χ0) is 17.9. The number of methoxy groups -OCH3 is 1. The van der Waals surface area contributed by atoms with Gasteiger partial charge in [0.15, 0.2) is 6.61 Å². The Labute approximate surface area is 154 Å². The first-order chi connectivity index (χ1) is 12.7. The number of ether oxygens (including phenoxy) is 2. The molecule has 0 bridgehead atoms. The normalized spacial score (nSPS) is 18.7. The number of fused-ring (bicyclic) bond motifs is 1. The Morgan fingerprint density at radius 3 is 2.65 bits per heavy atom. The minimum atomic E-state index is 0.0708. The molecule has 4 heteroatoms. The van der Waals surface area contributed by atoms with Crippen molar-refractivity contribution in [1.82, 2.24) is 4.90 Å². The van der Waals surface area contributed by atoms with Crippen molar-refractivity contribution in [2.45, 2.75) is 31.6 Å². The molecule has 136 valence electrons. The predicted octanol–water partition coefficient (Wildman–Crippen LogP) is 3.58. The van der Waals surface area contributed by atoms with E-state index in [0.29, 0.717) is 5.92 Å². The zero-order valence-electron chi connectivity index (χ0n) is 15.2. The second-order valence-electron chi connectivity index (χ2n) is 7.17. The molecule has 2 aromatic carbocycles. The average Bonchev–Trinajstić information content (AvgIpc) is 3.35. The summed E-state index contributed by atoms with van der Waals surface area (Å²) in [6, 6.07) is 14.4. The summed E-state index contributed by atoms with van der Waals surface area (Å²) < 4.78 is 11.0. The third kappa shape index (κ3) is 3.55. The van der Waals surface area contributed by atoms with E-state index in [9.17, 15) is 4.79 Å². The second kappa shape index (κ2) is 7.40. The van der Waals surface area contributed by atoms with Gasteiger partial charge in [-0.05, 0) is 66.6 Å². The number of benzene rings is 2. The van der Waals surface area contributed by atoms with E-state index in [2.05, 4.69) is 24.3 Å². The van der Waals surface area contributed by atoms with E-state index in [1.165, 1.54) is 23.1 Å². The molecule has 0 spiro atoms. The Morgan fingerprint density at radius 1 is 1.08 bits per heavy atom. The topological polar surface area (TPSA) is 38.8 Å². The van der Waals surface area contributed by atoms with Gasteiger partial charge in [0.2, 0.25) is 0 Å². The van der Waals surface area contributed by atoms with Crippen molar-refractivity contribution in [3.8, 4) is 11.5 Å². The van der Waals surface area contributed by atoms with Crippen LogP contribution in [0.15, 0.2) is 42.5 Å². The highest BCUT2D eigenvalue weighted by molar-refractivity contribution is 5.78. The zero-order valence-corrected chi connectivity index (χ0v) is 15.2. The summed E-state index contributed by atoms with van der Waals surface area (Å²) in [4.78, 5) is 14.4. The van der Waals surface area contributed by atoms with E-state index >= 15 is 0 Å². The van der Waals surface area contributed by atoms with Crippen LogP contribution in [0.5, 0.6) is 11.5 Å². The molecule has 0 aromatic heterocycles. The van der Waals surface area contributed by atoms with Crippen molar-refractivity contribution in [1.29, 1.82) is 0 Å². The quantitative estimate of drug-likeness (QED) is 0.826. The number of hydrogen-bond donors (Lipinski definition) is 0. The van der Waals surface area contributed by atoms with Gasteiger partial charge in [0, 0.05) is 19.0 Å². The summed E-state index contributed by atoms with van der Waals surface area (Å²) >= 11 is 0. The highest BCUT2D eigenvalue weighted by atomic mass is 16.5. The molecule has 4 rings (SSSR count). The number of hydrogen-bond acceptors (Lipinski definition) is 3. The first kappa shape index (κ1) is 17.0. The molecule has 0 N–H and O–H groups in total. The van der Waals surface area contributed by atoms with Crippen molar-refractivity contribution in [3.05, 3.63) is 59.2 Å². The SMILES string of the molecule is COc1ccc(C2CCN(C(=O)COc3ccc4c(c3)CCC4)C2)cc1. The van der Waals surface area contributed by atoms with Crippen LogP contribution in [0.4, 0.5) is 0 Å². The van der Waals surface area contributed by atoms with Gasteiger partial charge in [0.25, 0.3) is 5.91 Å². The molecule has 2 aromatic rings. The van der Waals surface area contributed by atoms with E-state index in [0.717, 1.165) is 43.9 Å². The summed E-state index contributed by atoms with van der Waals surface area (Å²) in [5.41, 5.74) is 4.06. The molecule has 1 saturated heterocycles. The van der Waals surface area contributed by atoms with Crippen molar-refractivity contribution in [2.75, 3.05) is 26.8 Å². The van der Waals surface area contributed by atoms with E-state index in [-0.39, 0.29) is 12.5 Å². The lowest BCUT2D eigenvalue weighted by molar-refractivity contribution is -0.132. The Bertz CT molecular complexity index is 784. The fraction of sp³-hybridized carbons (Fsp3) is 0.409. The standard InChI is InChI=1S/C22H25NO3/c1-25-20-8-5-17(6-9-20)19-11-12-23(14-19)22(24)15-26-21-10-7-16-3-2-4-18(16)13-21/h5-10,13,19H,2-4,11-12,14-15H2,1H3. The summed E-state index contributed by atoms with van der Waals surface area (Å²) in [6.07, 6.45) is 4.50. The third-order valence-corrected chi connectivity index (χ3v) is 5.56. The number of rotatable bonds is 5. The highest BCUT2D eigenvalue weighted by Gasteiger charge is 2.27. The van der Waals surface area contributed by atoms with E-state index in [1.807, 2.05) is 23.1 Å². The fourth-order valence-corrected chi connectivity index (χ4v) is 4.01. The Morgan fingerprint density at radius 2 is 1.85 bits per heavy atom. The number of carbonyl (C=O) groups excluding carboxylic acids is 1. The van der Waals surface area contributed by atoms with Gasteiger partial charge < -0.3 is 14.4 Å². The number of amides is 1. The average molecular weight is 351 g/mol. The molecular weight excluding hydrogens is 326 g/mol. The Kier molecular flexibility index (Phi) is 4.83. The van der Waals surface area contributed by atoms with Crippen LogP contribution in [0, 0.1) is 0 Å². The molecule has 0 radical (unpaired) electrons. The molecule has 1 fully saturated rings. The Hall–Kier alpha value is -2.49. The molecule has 1 heterocycles. The van der Waals surface area contributed by atoms with Gasteiger partial charge in [-0.1, -0.05) is 18.2 Å². The smallest absolute Gasteiger partial charge is 0.260 e. The van der Waals surface area contributed by atoms with Crippen LogP contribution in [-0.4, -0.2) is 37.6 Å². The van der Waals surface area contributed by atoms with Crippen LogP contribution in [-0.2, 0) is 17.6 Å². The van der Waals surface area contributed by atoms with Crippen LogP contribution < -0.4 is 9.47 Å². The minimum absolute atomic E-state index is 0.0708. The van der Waals surface area contributed by atoms with Crippen molar-refractivity contribution >= 4 is 5.91 Å². The molecule has 1 aliphatic heterocycles. The van der Waals surface area contributed by atoms with E-state index < -0.39 is 0 Å². The molecule has 1 aliphatic carbocycles. The lowest BCUT2D eigenvalue weighted by atomic mass is 9.98. The predicted molar refractivity (Wildman–Crippen MR) is 101 cm³/mol. The Balaban J connectivity index is 1.31. The number of nitrogens with zero attached hydrogens (tertiary/aromatic N) is 1. The van der Waals surface area contributed by atoms with Crippen molar-refractivity contribution < 1.29 is 14.3 Å². The van der Waals surface area contributed by atoms with Gasteiger partial charge in [-0.3, -0.25) is 4.79 Å². The van der Waals surface area contributed by atoms with Gasteiger partial charge in [-0.15, -0.1) is 0 Å². The van der Waals surface area contributed by atoms with Gasteiger partial charge in [0.05, 0.1) is 7.11 Å². The summed E-state index contributed by atoms with van der Waals surface area (Å²) in [6.45, 7) is 1.68. The minimum Gasteiger partial charge on any atom is -0.497 e. The van der Waals surface area contributed by atoms with E-state index in [4.69, 9.17) is 9.47 Å². The van der Waals surface area contributed by atoms with Gasteiger partial charge in [-0.25, -0.2) is 0 Å². The molecule has 26 heavy (non-hydrogen) atoms. The second-order valence-corrected chi connectivity index (χ2v) is 7.17. The molecule has 4 nitrogen and oxygen atoms in total. The molecule has 1 amide bonds. The first-order valence-electron chi connectivity index (χ1n) is 9.39. The monoisotopic (exact) mass is 351 g/mol. The molecule has 2 aliphatic rings. The maximum atomic E-state index is 12.5. The largest absolute Gasteiger partial charge is 0.497 e.